The zero-order valence-electron chi connectivity index (χ0n) is 14.7. The molecule has 1 rings (SSSR count). The Labute approximate surface area is 139 Å². The highest BCUT2D eigenvalue weighted by Gasteiger charge is 2.40. The van der Waals surface area contributed by atoms with Crippen LogP contribution in [0, 0.1) is 16.7 Å². The number of hydrogen-bond donors (Lipinski definition) is 2. The molecule has 0 spiro atoms. The minimum atomic E-state index is -0.683. The highest BCUT2D eigenvalue weighted by Crippen LogP contribution is 2.28. The number of nitrogens with one attached hydrogen (secondary N) is 1. The molecule has 0 radical (unpaired) electrons. The fourth-order valence-electron chi connectivity index (χ4n) is 3.02. The molecule has 1 fully saturated rings. The third-order valence-electron chi connectivity index (χ3n) is 4.76. The van der Waals surface area contributed by atoms with Gasteiger partial charge < -0.3 is 16.0 Å². The molecular weight excluding hydrogens is 292 g/mol. The van der Waals surface area contributed by atoms with Crippen LogP contribution >= 0.6 is 0 Å². The van der Waals surface area contributed by atoms with Crippen molar-refractivity contribution in [1.82, 2.24) is 10.2 Å². The van der Waals surface area contributed by atoms with E-state index in [0.29, 0.717) is 38.6 Å². The minimum Gasteiger partial charge on any atom is -0.369 e. The van der Waals surface area contributed by atoms with E-state index in [4.69, 9.17) is 5.73 Å². The second kappa shape index (κ2) is 8.30. The van der Waals surface area contributed by atoms with Gasteiger partial charge in [-0.05, 0) is 45.2 Å². The Morgan fingerprint density at radius 2 is 1.96 bits per heavy atom. The number of nitrogens with zero attached hydrogens (tertiary/aromatic N) is 2. The van der Waals surface area contributed by atoms with E-state index in [-0.39, 0.29) is 11.8 Å². The van der Waals surface area contributed by atoms with E-state index in [1.165, 1.54) is 0 Å². The van der Waals surface area contributed by atoms with Crippen LogP contribution in [0.4, 0.5) is 0 Å². The van der Waals surface area contributed by atoms with Gasteiger partial charge in [0.05, 0.1) is 6.07 Å². The third-order valence-corrected chi connectivity index (χ3v) is 4.76. The summed E-state index contributed by atoms with van der Waals surface area (Å²) in [5, 5.41) is 12.9. The van der Waals surface area contributed by atoms with Gasteiger partial charge in [0.25, 0.3) is 0 Å². The lowest BCUT2D eigenvalue weighted by Gasteiger charge is -2.41. The molecule has 0 aromatic rings. The predicted molar refractivity (Wildman–Crippen MR) is 89.3 cm³/mol. The molecule has 1 heterocycles. The summed E-state index contributed by atoms with van der Waals surface area (Å²) in [6.45, 7) is 7.74. The molecule has 0 aromatic carbocycles. The maximum Gasteiger partial charge on any atom is 0.223 e. The molecule has 2 amide bonds. The molecule has 0 saturated carbocycles. The monoisotopic (exact) mass is 322 g/mol. The van der Waals surface area contributed by atoms with E-state index in [9.17, 15) is 14.9 Å². The Morgan fingerprint density at radius 3 is 2.43 bits per heavy atom. The molecule has 1 aliphatic rings. The van der Waals surface area contributed by atoms with Crippen LogP contribution in [0.15, 0.2) is 0 Å². The maximum absolute atomic E-state index is 12.7. The van der Waals surface area contributed by atoms with Gasteiger partial charge >= 0.3 is 0 Å². The number of piperidine rings is 1. The summed E-state index contributed by atoms with van der Waals surface area (Å²) in [6.07, 6.45) is 3.71. The first-order valence-corrected chi connectivity index (χ1v) is 8.51. The van der Waals surface area contributed by atoms with E-state index >= 15 is 0 Å². The fourth-order valence-corrected chi connectivity index (χ4v) is 3.02. The second-order valence-electron chi connectivity index (χ2n) is 7.04. The van der Waals surface area contributed by atoms with Gasteiger partial charge in [0.15, 0.2) is 0 Å². The Hall–Kier alpha value is -1.61. The second-order valence-corrected chi connectivity index (χ2v) is 7.04. The Kier molecular flexibility index (Phi) is 7.01. The van der Waals surface area contributed by atoms with Gasteiger partial charge in [0.2, 0.25) is 11.8 Å². The largest absolute Gasteiger partial charge is 0.369 e. The van der Waals surface area contributed by atoms with Crippen molar-refractivity contribution < 1.29 is 9.59 Å². The lowest BCUT2D eigenvalue weighted by molar-refractivity contribution is -0.137. The van der Waals surface area contributed by atoms with Crippen molar-refractivity contribution in [3.05, 3.63) is 0 Å². The number of amides is 2. The lowest BCUT2D eigenvalue weighted by Crippen LogP contribution is -2.56. The van der Waals surface area contributed by atoms with Crippen LogP contribution < -0.4 is 11.1 Å². The van der Waals surface area contributed by atoms with Crippen LogP contribution in [-0.4, -0.2) is 41.9 Å². The van der Waals surface area contributed by atoms with E-state index < -0.39 is 11.0 Å². The normalized spacial score (nSPS) is 17.3. The number of hydrogen-bond acceptors (Lipinski definition) is 4. The van der Waals surface area contributed by atoms with Gasteiger partial charge in [0, 0.05) is 18.4 Å². The van der Waals surface area contributed by atoms with Crippen LogP contribution in [0.25, 0.3) is 0 Å². The molecule has 0 atom stereocenters. The average molecular weight is 322 g/mol. The molecule has 23 heavy (non-hydrogen) atoms. The van der Waals surface area contributed by atoms with E-state index in [0.717, 1.165) is 19.5 Å². The van der Waals surface area contributed by atoms with Crippen LogP contribution in [0.5, 0.6) is 0 Å². The van der Waals surface area contributed by atoms with Gasteiger partial charge in [-0.15, -0.1) is 0 Å². The summed E-state index contributed by atoms with van der Waals surface area (Å²) in [5.41, 5.74) is 4.09. The molecule has 6 heteroatoms. The van der Waals surface area contributed by atoms with Crippen molar-refractivity contribution in [2.75, 3.05) is 19.6 Å². The number of rotatable bonds is 8. The molecule has 0 aliphatic carbocycles. The highest BCUT2D eigenvalue weighted by atomic mass is 16.2. The Morgan fingerprint density at radius 1 is 1.35 bits per heavy atom. The molecule has 3 N–H and O–H groups in total. The Balaban J connectivity index is 2.71. The molecule has 0 aromatic heterocycles. The first kappa shape index (κ1) is 19.4. The van der Waals surface area contributed by atoms with Crippen molar-refractivity contribution in [2.45, 2.75) is 64.8 Å². The first-order chi connectivity index (χ1) is 10.8. The lowest BCUT2D eigenvalue weighted by atomic mass is 9.85. The van der Waals surface area contributed by atoms with Crippen LogP contribution in [0.2, 0.25) is 0 Å². The Bertz CT molecular complexity index is 462. The van der Waals surface area contributed by atoms with Crippen molar-refractivity contribution in [1.29, 1.82) is 5.26 Å². The van der Waals surface area contributed by atoms with Crippen LogP contribution in [0.1, 0.15) is 59.3 Å². The average Bonchev–Trinajstić information content (AvgIpc) is 2.52. The maximum atomic E-state index is 12.7. The summed E-state index contributed by atoms with van der Waals surface area (Å²) >= 11 is 0. The number of nitrogens with two attached hydrogens (primary N) is 1. The molecule has 1 aliphatic heterocycles. The van der Waals surface area contributed by atoms with Crippen molar-refractivity contribution in [3.63, 3.8) is 0 Å². The minimum absolute atomic E-state index is 0.00979. The molecule has 6 nitrogen and oxygen atoms in total. The molecule has 130 valence electrons. The van der Waals surface area contributed by atoms with Gasteiger partial charge in [-0.3, -0.25) is 9.59 Å². The standard InChI is InChI=1S/C17H30N4O2/c1-4-12-21(17(13-18)8-10-20-11-9-17)14(22)6-5-7-16(2,3)15(19)23/h20H,4-12H2,1-3H3,(H2,19,23). The summed E-state index contributed by atoms with van der Waals surface area (Å²) in [7, 11) is 0. The van der Waals surface area contributed by atoms with Crippen molar-refractivity contribution in [2.24, 2.45) is 11.1 Å². The number of primary amides is 1. The SMILES string of the molecule is CCCN(C(=O)CCCC(C)(C)C(N)=O)C1(C#N)CCNCC1. The smallest absolute Gasteiger partial charge is 0.223 e. The van der Waals surface area contributed by atoms with Gasteiger partial charge in [0.1, 0.15) is 5.54 Å². The van der Waals surface area contributed by atoms with Crippen molar-refractivity contribution in [3.8, 4) is 6.07 Å². The summed E-state index contributed by atoms with van der Waals surface area (Å²) < 4.78 is 0. The van der Waals surface area contributed by atoms with Gasteiger partial charge in [-0.2, -0.15) is 5.26 Å². The van der Waals surface area contributed by atoms with Gasteiger partial charge in [-0.25, -0.2) is 0 Å². The van der Waals surface area contributed by atoms with Crippen LogP contribution in [-0.2, 0) is 9.59 Å². The molecule has 1 saturated heterocycles. The van der Waals surface area contributed by atoms with E-state index in [1.807, 2.05) is 6.92 Å². The topological polar surface area (TPSA) is 99.2 Å². The highest BCUT2D eigenvalue weighted by molar-refractivity contribution is 5.80. The zero-order chi connectivity index (χ0) is 17.5. The molecule has 0 bridgehead atoms. The summed E-state index contributed by atoms with van der Waals surface area (Å²) in [5.74, 6) is -0.335. The molecule has 0 unspecified atom stereocenters. The summed E-state index contributed by atoms with van der Waals surface area (Å²) in [6, 6.07) is 2.40. The molecular formula is C17H30N4O2. The van der Waals surface area contributed by atoms with E-state index in [2.05, 4.69) is 11.4 Å². The van der Waals surface area contributed by atoms with Gasteiger partial charge in [-0.1, -0.05) is 20.8 Å². The van der Waals surface area contributed by atoms with Crippen LogP contribution in [0.3, 0.4) is 0 Å². The number of nitriles is 1. The zero-order valence-corrected chi connectivity index (χ0v) is 14.7. The van der Waals surface area contributed by atoms with Crippen molar-refractivity contribution >= 4 is 11.8 Å². The van der Waals surface area contributed by atoms with E-state index in [1.54, 1.807) is 18.7 Å². The third kappa shape index (κ3) is 4.93. The number of carbonyl (C=O) groups is 2. The quantitative estimate of drug-likeness (QED) is 0.708. The summed E-state index contributed by atoms with van der Waals surface area (Å²) in [4.78, 5) is 25.8. The fraction of sp³-hybridized carbons (Fsp3) is 0.824. The number of carbonyl (C=O) groups excluding carboxylic acids is 2. The predicted octanol–water partition coefficient (Wildman–Crippen LogP) is 1.55. The first-order valence-electron chi connectivity index (χ1n) is 8.51.